The van der Waals surface area contributed by atoms with Crippen LogP contribution in [-0.4, -0.2) is 58.0 Å². The average Bonchev–Trinajstić information content (AvgIpc) is 2.56. The van der Waals surface area contributed by atoms with Gasteiger partial charge in [0.2, 0.25) is 0 Å². The van der Waals surface area contributed by atoms with Gasteiger partial charge < -0.3 is 14.8 Å². The minimum absolute atomic E-state index is 0.0997. The maximum Gasteiger partial charge on any atom is 0.411 e. The van der Waals surface area contributed by atoms with Crippen LogP contribution in [0.1, 0.15) is 46.1 Å². The van der Waals surface area contributed by atoms with Gasteiger partial charge in [-0.3, -0.25) is 4.90 Å². The Balaban J connectivity index is 2.15. The number of aromatic nitrogens is 2. The van der Waals surface area contributed by atoms with E-state index in [9.17, 15) is 9.59 Å². The zero-order valence-corrected chi connectivity index (χ0v) is 17.2. The van der Waals surface area contributed by atoms with Crippen molar-refractivity contribution in [3.05, 3.63) is 16.8 Å². The Morgan fingerprint density at radius 1 is 1.33 bits per heavy atom. The zero-order chi connectivity index (χ0) is 20.2. The van der Waals surface area contributed by atoms with Crippen molar-refractivity contribution in [2.45, 2.75) is 65.1 Å². The van der Waals surface area contributed by atoms with Crippen LogP contribution in [-0.2, 0) is 14.3 Å². The lowest BCUT2D eigenvalue weighted by Crippen LogP contribution is -2.55. The van der Waals surface area contributed by atoms with Gasteiger partial charge in [-0.1, -0.05) is 11.6 Å². The number of nitrogens with one attached hydrogen (secondary N) is 1. The number of hydrogen-bond donors (Lipinski definition) is 1. The molecule has 0 saturated carbocycles. The molecule has 2 atom stereocenters. The first-order chi connectivity index (χ1) is 12.6. The molecule has 0 bridgehead atoms. The van der Waals surface area contributed by atoms with Crippen molar-refractivity contribution in [3.8, 4) is 0 Å². The van der Waals surface area contributed by atoms with Crippen LogP contribution in [0.3, 0.4) is 0 Å². The number of anilines is 1. The van der Waals surface area contributed by atoms with Crippen molar-refractivity contribution in [2.75, 3.05) is 18.5 Å². The second kappa shape index (κ2) is 8.73. The Kier molecular flexibility index (Phi) is 6.86. The molecular formula is C18H27ClN4O4. The molecule has 1 aromatic heterocycles. The molecule has 27 heavy (non-hydrogen) atoms. The SMILES string of the molecule is CCOC(=O)[C@@H]1CC[C@@H](Nc2nnc(Cl)cc2C)CN1C(=O)OC(C)(C)C. The van der Waals surface area contributed by atoms with Crippen molar-refractivity contribution in [2.24, 2.45) is 0 Å². The number of likely N-dealkylation sites (tertiary alicyclic amines) is 1. The number of aryl methyl sites for hydroxylation is 1. The van der Waals surface area contributed by atoms with E-state index in [1.165, 1.54) is 4.90 Å². The van der Waals surface area contributed by atoms with Crippen molar-refractivity contribution < 1.29 is 19.1 Å². The van der Waals surface area contributed by atoms with E-state index >= 15 is 0 Å². The Morgan fingerprint density at radius 3 is 2.63 bits per heavy atom. The molecule has 1 fully saturated rings. The molecule has 8 nitrogen and oxygen atoms in total. The van der Waals surface area contributed by atoms with Gasteiger partial charge in [-0.25, -0.2) is 9.59 Å². The van der Waals surface area contributed by atoms with E-state index in [-0.39, 0.29) is 12.6 Å². The Hall–Kier alpha value is -2.09. The number of rotatable bonds is 4. The first kappa shape index (κ1) is 21.2. The summed E-state index contributed by atoms with van der Waals surface area (Å²) < 4.78 is 10.6. The molecule has 0 radical (unpaired) electrons. The first-order valence-corrected chi connectivity index (χ1v) is 9.41. The predicted molar refractivity (Wildman–Crippen MR) is 102 cm³/mol. The minimum Gasteiger partial charge on any atom is -0.464 e. The third-order valence-corrected chi connectivity index (χ3v) is 4.25. The number of carbonyl (C=O) groups excluding carboxylic acids is 2. The molecule has 2 heterocycles. The molecule has 9 heteroatoms. The first-order valence-electron chi connectivity index (χ1n) is 9.03. The average molecular weight is 399 g/mol. The topological polar surface area (TPSA) is 93.6 Å². The summed E-state index contributed by atoms with van der Waals surface area (Å²) in [4.78, 5) is 26.4. The number of nitrogens with zero attached hydrogens (tertiary/aromatic N) is 3. The van der Waals surface area contributed by atoms with Crippen LogP contribution in [0.25, 0.3) is 0 Å². The number of hydrogen-bond acceptors (Lipinski definition) is 7. The molecule has 1 aliphatic heterocycles. The van der Waals surface area contributed by atoms with Crippen molar-refractivity contribution in [1.82, 2.24) is 15.1 Å². The van der Waals surface area contributed by atoms with E-state index in [1.54, 1.807) is 33.8 Å². The second-order valence-corrected chi connectivity index (χ2v) is 7.91. The highest BCUT2D eigenvalue weighted by molar-refractivity contribution is 6.29. The Morgan fingerprint density at radius 2 is 2.04 bits per heavy atom. The van der Waals surface area contributed by atoms with Gasteiger partial charge in [0.25, 0.3) is 0 Å². The van der Waals surface area contributed by atoms with E-state index in [0.29, 0.717) is 30.4 Å². The highest BCUT2D eigenvalue weighted by Crippen LogP contribution is 2.25. The van der Waals surface area contributed by atoms with Crippen LogP contribution in [0.4, 0.5) is 10.6 Å². The Labute approximate surface area is 164 Å². The van der Waals surface area contributed by atoms with Gasteiger partial charge in [0.15, 0.2) is 11.0 Å². The predicted octanol–water partition coefficient (Wildman–Crippen LogP) is 3.18. The summed E-state index contributed by atoms with van der Waals surface area (Å²) in [6, 6.07) is 0.958. The fraction of sp³-hybridized carbons (Fsp3) is 0.667. The summed E-state index contributed by atoms with van der Waals surface area (Å²) in [5, 5.41) is 11.5. The zero-order valence-electron chi connectivity index (χ0n) is 16.4. The van der Waals surface area contributed by atoms with Crippen LogP contribution in [0.15, 0.2) is 6.07 Å². The second-order valence-electron chi connectivity index (χ2n) is 7.52. The van der Waals surface area contributed by atoms with Gasteiger partial charge >= 0.3 is 12.1 Å². The standard InChI is InChI=1S/C18H27ClN4O4/c1-6-26-16(24)13-8-7-12(10-23(13)17(25)27-18(3,4)5)20-15-11(2)9-14(19)21-22-15/h9,12-13H,6-8,10H2,1-5H3,(H,20,22)/t12-,13+/m1/s1. The summed E-state index contributed by atoms with van der Waals surface area (Å²) in [5.41, 5.74) is 0.195. The van der Waals surface area contributed by atoms with Gasteiger partial charge in [0.1, 0.15) is 11.6 Å². The molecule has 1 saturated heterocycles. The molecule has 0 aromatic carbocycles. The lowest BCUT2D eigenvalue weighted by atomic mass is 9.98. The molecule has 0 aliphatic carbocycles. The smallest absolute Gasteiger partial charge is 0.411 e. The van der Waals surface area contributed by atoms with Crippen molar-refractivity contribution >= 4 is 29.5 Å². The maximum absolute atomic E-state index is 12.7. The van der Waals surface area contributed by atoms with E-state index < -0.39 is 23.7 Å². The highest BCUT2D eigenvalue weighted by atomic mass is 35.5. The van der Waals surface area contributed by atoms with Crippen LogP contribution < -0.4 is 5.32 Å². The quantitative estimate of drug-likeness (QED) is 0.778. The van der Waals surface area contributed by atoms with Gasteiger partial charge in [-0.15, -0.1) is 10.2 Å². The monoisotopic (exact) mass is 398 g/mol. The Bertz CT molecular complexity index is 692. The van der Waals surface area contributed by atoms with Gasteiger partial charge in [0.05, 0.1) is 6.61 Å². The number of ether oxygens (including phenoxy) is 2. The van der Waals surface area contributed by atoms with E-state index in [2.05, 4.69) is 15.5 Å². The van der Waals surface area contributed by atoms with Gasteiger partial charge in [0, 0.05) is 12.6 Å². The summed E-state index contributed by atoms with van der Waals surface area (Å²) in [6.45, 7) is 9.54. The molecule has 0 spiro atoms. The molecular weight excluding hydrogens is 372 g/mol. The summed E-state index contributed by atoms with van der Waals surface area (Å²) in [5.74, 6) is 0.187. The van der Waals surface area contributed by atoms with E-state index in [1.807, 2.05) is 6.92 Å². The highest BCUT2D eigenvalue weighted by Gasteiger charge is 2.39. The maximum atomic E-state index is 12.7. The summed E-state index contributed by atoms with van der Waals surface area (Å²) in [6.07, 6.45) is 0.605. The molecule has 1 aromatic rings. The lowest BCUT2D eigenvalue weighted by Gasteiger charge is -2.39. The van der Waals surface area contributed by atoms with Crippen molar-refractivity contribution in [1.29, 1.82) is 0 Å². The molecule has 0 unspecified atom stereocenters. The minimum atomic E-state index is -0.658. The summed E-state index contributed by atoms with van der Waals surface area (Å²) >= 11 is 5.85. The number of amides is 1. The molecule has 1 N–H and O–H groups in total. The molecule has 2 rings (SSSR count). The largest absolute Gasteiger partial charge is 0.464 e. The van der Waals surface area contributed by atoms with E-state index in [0.717, 1.165) is 5.56 Å². The third kappa shape index (κ3) is 5.95. The third-order valence-electron chi connectivity index (χ3n) is 4.06. The number of piperidine rings is 1. The van der Waals surface area contributed by atoms with Crippen LogP contribution in [0.2, 0.25) is 5.15 Å². The van der Waals surface area contributed by atoms with Crippen LogP contribution >= 0.6 is 11.6 Å². The normalized spacial score (nSPS) is 20.1. The van der Waals surface area contributed by atoms with E-state index in [4.69, 9.17) is 21.1 Å². The van der Waals surface area contributed by atoms with Gasteiger partial charge in [-0.05, 0) is 59.1 Å². The molecule has 1 amide bonds. The van der Waals surface area contributed by atoms with Crippen LogP contribution in [0, 0.1) is 6.92 Å². The number of esters is 1. The fourth-order valence-electron chi connectivity index (χ4n) is 2.88. The number of halogens is 1. The number of carbonyl (C=O) groups is 2. The van der Waals surface area contributed by atoms with Crippen LogP contribution in [0.5, 0.6) is 0 Å². The van der Waals surface area contributed by atoms with Crippen molar-refractivity contribution in [3.63, 3.8) is 0 Å². The lowest BCUT2D eigenvalue weighted by molar-refractivity contribution is -0.150. The molecule has 150 valence electrons. The molecule has 1 aliphatic rings. The summed E-state index contributed by atoms with van der Waals surface area (Å²) in [7, 11) is 0. The van der Waals surface area contributed by atoms with Gasteiger partial charge in [-0.2, -0.15) is 0 Å². The fourth-order valence-corrected chi connectivity index (χ4v) is 3.08.